The van der Waals surface area contributed by atoms with Crippen molar-refractivity contribution in [2.45, 2.75) is 46.7 Å². The van der Waals surface area contributed by atoms with Crippen molar-refractivity contribution in [3.05, 3.63) is 28.8 Å². The van der Waals surface area contributed by atoms with E-state index in [0.29, 0.717) is 5.75 Å². The average molecular weight is 278 g/mol. The van der Waals surface area contributed by atoms with Gasteiger partial charge in [0.15, 0.2) is 0 Å². The Morgan fingerprint density at radius 2 is 1.45 bits per heavy atom. The molecule has 1 aromatic carbocycles. The number of phenolic OH excluding ortho intramolecular Hbond substituents is 1. The summed E-state index contributed by atoms with van der Waals surface area (Å²) in [6.07, 6.45) is 2.30. The second-order valence-electron chi connectivity index (χ2n) is 5.95. The van der Waals surface area contributed by atoms with Gasteiger partial charge in [-0.25, -0.2) is 0 Å². The van der Waals surface area contributed by atoms with Gasteiger partial charge in [-0.05, 0) is 47.0 Å². The molecule has 20 heavy (non-hydrogen) atoms. The largest absolute Gasteiger partial charge is 0.507 e. The third-order valence-corrected chi connectivity index (χ3v) is 3.37. The van der Waals surface area contributed by atoms with Gasteiger partial charge in [0.2, 0.25) is 0 Å². The lowest BCUT2D eigenvalue weighted by Crippen LogP contribution is -2.25. The van der Waals surface area contributed by atoms with Crippen LogP contribution in [0.15, 0.2) is 12.1 Å². The molecule has 3 heteroatoms. The molecule has 3 nitrogen and oxygen atoms in total. The first kappa shape index (κ1) is 17.0. The zero-order valence-electron chi connectivity index (χ0n) is 13.7. The molecule has 0 radical (unpaired) electrons. The van der Waals surface area contributed by atoms with E-state index < -0.39 is 0 Å². The number of benzene rings is 1. The van der Waals surface area contributed by atoms with E-state index in [1.807, 2.05) is 14.1 Å². The van der Waals surface area contributed by atoms with E-state index in [0.717, 1.165) is 50.1 Å². The molecule has 0 unspecified atom stereocenters. The number of phenols is 1. The van der Waals surface area contributed by atoms with Crippen LogP contribution >= 0.6 is 0 Å². The predicted octanol–water partition coefficient (Wildman–Crippen LogP) is 3.38. The molecule has 0 aliphatic rings. The standard InChI is InChI=1S/C17H30N2O/c1-6-8-19(9-7-2)13-16-11-14(3)10-15(17(16)20)12-18(4)5/h10-11,20H,6-9,12-13H2,1-5H3. The second kappa shape index (κ2) is 8.28. The van der Waals surface area contributed by atoms with Crippen molar-refractivity contribution >= 4 is 0 Å². The van der Waals surface area contributed by atoms with Crippen LogP contribution in [0.4, 0.5) is 0 Å². The van der Waals surface area contributed by atoms with Gasteiger partial charge in [0.25, 0.3) is 0 Å². The van der Waals surface area contributed by atoms with Gasteiger partial charge in [-0.3, -0.25) is 4.90 Å². The second-order valence-corrected chi connectivity index (χ2v) is 5.95. The van der Waals surface area contributed by atoms with E-state index in [2.05, 4.69) is 42.7 Å². The SMILES string of the molecule is CCCN(CCC)Cc1cc(C)cc(CN(C)C)c1O. The summed E-state index contributed by atoms with van der Waals surface area (Å²) < 4.78 is 0. The van der Waals surface area contributed by atoms with Crippen LogP contribution in [0, 0.1) is 6.92 Å². The molecule has 0 saturated heterocycles. The maximum Gasteiger partial charge on any atom is 0.124 e. The zero-order valence-corrected chi connectivity index (χ0v) is 13.7. The summed E-state index contributed by atoms with van der Waals surface area (Å²) in [5.41, 5.74) is 3.31. The summed E-state index contributed by atoms with van der Waals surface area (Å²) in [7, 11) is 4.06. The maximum absolute atomic E-state index is 10.5. The molecular formula is C17H30N2O. The fraction of sp³-hybridized carbons (Fsp3) is 0.647. The first-order valence-corrected chi connectivity index (χ1v) is 7.66. The van der Waals surface area contributed by atoms with Crippen LogP contribution in [-0.4, -0.2) is 42.1 Å². The Kier molecular flexibility index (Phi) is 7.03. The third-order valence-electron chi connectivity index (χ3n) is 3.37. The van der Waals surface area contributed by atoms with E-state index >= 15 is 0 Å². The van der Waals surface area contributed by atoms with E-state index in [4.69, 9.17) is 0 Å². The van der Waals surface area contributed by atoms with E-state index in [-0.39, 0.29) is 0 Å². The van der Waals surface area contributed by atoms with E-state index in [9.17, 15) is 5.11 Å². The molecule has 0 bridgehead atoms. The first-order valence-electron chi connectivity index (χ1n) is 7.66. The van der Waals surface area contributed by atoms with Gasteiger partial charge in [0.05, 0.1) is 0 Å². The van der Waals surface area contributed by atoms with Crippen molar-refractivity contribution in [3.8, 4) is 5.75 Å². The molecule has 1 aromatic rings. The minimum atomic E-state index is 0.474. The highest BCUT2D eigenvalue weighted by Gasteiger charge is 2.12. The highest BCUT2D eigenvalue weighted by atomic mass is 16.3. The van der Waals surface area contributed by atoms with Gasteiger partial charge in [-0.2, -0.15) is 0 Å². The summed E-state index contributed by atoms with van der Waals surface area (Å²) in [5, 5.41) is 10.5. The number of hydrogen-bond donors (Lipinski definition) is 1. The summed E-state index contributed by atoms with van der Waals surface area (Å²) in [4.78, 5) is 4.52. The van der Waals surface area contributed by atoms with Gasteiger partial charge in [0, 0.05) is 24.2 Å². The van der Waals surface area contributed by atoms with Crippen LogP contribution in [0.3, 0.4) is 0 Å². The van der Waals surface area contributed by atoms with Crippen molar-refractivity contribution in [1.29, 1.82) is 0 Å². The minimum Gasteiger partial charge on any atom is -0.507 e. The summed E-state index contributed by atoms with van der Waals surface area (Å²) in [5.74, 6) is 0.474. The van der Waals surface area contributed by atoms with Crippen molar-refractivity contribution in [2.24, 2.45) is 0 Å². The van der Waals surface area contributed by atoms with Gasteiger partial charge in [0.1, 0.15) is 5.75 Å². The number of aromatic hydroxyl groups is 1. The molecule has 1 N–H and O–H groups in total. The van der Waals surface area contributed by atoms with Crippen LogP contribution in [-0.2, 0) is 13.1 Å². The molecule has 114 valence electrons. The predicted molar refractivity (Wildman–Crippen MR) is 86.1 cm³/mol. The monoisotopic (exact) mass is 278 g/mol. The van der Waals surface area contributed by atoms with Crippen molar-refractivity contribution < 1.29 is 5.11 Å². The Morgan fingerprint density at radius 3 is 1.90 bits per heavy atom. The van der Waals surface area contributed by atoms with Crippen LogP contribution in [0.2, 0.25) is 0 Å². The van der Waals surface area contributed by atoms with Crippen molar-refractivity contribution in [1.82, 2.24) is 9.80 Å². The van der Waals surface area contributed by atoms with Crippen molar-refractivity contribution in [3.63, 3.8) is 0 Å². The Bertz CT molecular complexity index is 410. The molecule has 0 aliphatic heterocycles. The topological polar surface area (TPSA) is 26.7 Å². The van der Waals surface area contributed by atoms with Crippen LogP contribution < -0.4 is 0 Å². The number of rotatable bonds is 8. The third kappa shape index (κ3) is 5.14. The molecule has 0 heterocycles. The minimum absolute atomic E-state index is 0.474. The molecule has 0 amide bonds. The lowest BCUT2D eigenvalue weighted by molar-refractivity contribution is 0.262. The van der Waals surface area contributed by atoms with E-state index in [1.54, 1.807) is 0 Å². The molecule has 0 aromatic heterocycles. The van der Waals surface area contributed by atoms with Crippen molar-refractivity contribution in [2.75, 3.05) is 27.2 Å². The highest BCUT2D eigenvalue weighted by Crippen LogP contribution is 2.27. The Labute approximate surface area is 124 Å². The van der Waals surface area contributed by atoms with Crippen LogP contribution in [0.5, 0.6) is 5.75 Å². The molecule has 0 saturated carbocycles. The van der Waals surface area contributed by atoms with E-state index in [1.165, 1.54) is 5.56 Å². The smallest absolute Gasteiger partial charge is 0.124 e. The average Bonchev–Trinajstić information content (AvgIpc) is 2.35. The summed E-state index contributed by atoms with van der Waals surface area (Å²) >= 11 is 0. The first-order chi connectivity index (χ1) is 9.47. The maximum atomic E-state index is 10.5. The fourth-order valence-corrected chi connectivity index (χ4v) is 2.66. The normalized spacial score (nSPS) is 11.6. The summed E-state index contributed by atoms with van der Waals surface area (Å²) in [6, 6.07) is 4.20. The fourth-order valence-electron chi connectivity index (χ4n) is 2.66. The Morgan fingerprint density at radius 1 is 0.950 bits per heavy atom. The molecular weight excluding hydrogens is 248 g/mol. The lowest BCUT2D eigenvalue weighted by Gasteiger charge is -2.23. The number of hydrogen-bond acceptors (Lipinski definition) is 3. The van der Waals surface area contributed by atoms with Crippen LogP contribution in [0.1, 0.15) is 43.4 Å². The lowest BCUT2D eigenvalue weighted by atomic mass is 10.0. The van der Waals surface area contributed by atoms with Gasteiger partial charge in [-0.1, -0.05) is 31.5 Å². The zero-order chi connectivity index (χ0) is 15.1. The van der Waals surface area contributed by atoms with Gasteiger partial charge >= 0.3 is 0 Å². The van der Waals surface area contributed by atoms with Crippen LogP contribution in [0.25, 0.3) is 0 Å². The molecule has 0 spiro atoms. The number of nitrogens with zero attached hydrogens (tertiary/aromatic N) is 2. The Hall–Kier alpha value is -1.06. The molecule has 0 fully saturated rings. The van der Waals surface area contributed by atoms with Gasteiger partial charge in [-0.15, -0.1) is 0 Å². The quantitative estimate of drug-likeness (QED) is 0.789. The molecule has 1 rings (SSSR count). The summed E-state index contributed by atoms with van der Waals surface area (Å²) in [6.45, 7) is 10.3. The highest BCUT2D eigenvalue weighted by molar-refractivity contribution is 5.43. The van der Waals surface area contributed by atoms with Gasteiger partial charge < -0.3 is 10.0 Å². The Balaban J connectivity index is 2.95. The molecule has 0 aliphatic carbocycles. The molecule has 0 atom stereocenters. The number of aryl methyl sites for hydroxylation is 1.